The van der Waals surface area contributed by atoms with Crippen LogP contribution in [-0.4, -0.2) is 18.5 Å². The van der Waals surface area contributed by atoms with Crippen LogP contribution in [0.2, 0.25) is 5.02 Å². The van der Waals surface area contributed by atoms with Gasteiger partial charge in [-0.15, -0.1) is 11.3 Å². The van der Waals surface area contributed by atoms with Crippen LogP contribution in [-0.2, 0) is 11.3 Å². The Hall–Kier alpha value is -3.61. The molecule has 5 nitrogen and oxygen atoms in total. The summed E-state index contributed by atoms with van der Waals surface area (Å²) in [6.45, 7) is 2.27. The number of carbonyl (C=O) groups is 2. The van der Waals surface area contributed by atoms with Crippen molar-refractivity contribution in [2.75, 3.05) is 11.9 Å². The normalized spacial score (nSPS) is 10.5. The van der Waals surface area contributed by atoms with E-state index in [2.05, 4.69) is 5.32 Å². The lowest BCUT2D eigenvalue weighted by Gasteiger charge is -2.13. The Morgan fingerprint density at radius 2 is 1.62 bits per heavy atom. The quantitative estimate of drug-likeness (QED) is 0.267. The largest absolute Gasteiger partial charge is 0.488 e. The average molecular weight is 492 g/mol. The smallest absolute Gasteiger partial charge is 0.341 e. The second-order valence-corrected chi connectivity index (χ2v) is 8.57. The number of thiophene rings is 1. The number of carbonyl (C=O) groups excluding carboxylic acids is 2. The third kappa shape index (κ3) is 5.30. The van der Waals surface area contributed by atoms with Crippen molar-refractivity contribution in [3.63, 3.8) is 0 Å². The van der Waals surface area contributed by atoms with Gasteiger partial charge >= 0.3 is 5.97 Å². The third-order valence-electron chi connectivity index (χ3n) is 5.03. The lowest BCUT2D eigenvalue weighted by molar-refractivity contribution is 0.0529. The number of hydrogen-bond donors (Lipinski definition) is 1. The Bertz CT molecular complexity index is 1300. The Labute approximate surface area is 206 Å². The van der Waals surface area contributed by atoms with Crippen molar-refractivity contribution in [3.05, 3.63) is 106 Å². The molecule has 1 N–H and O–H groups in total. The first-order valence-electron chi connectivity index (χ1n) is 10.7. The molecule has 3 aromatic carbocycles. The first-order chi connectivity index (χ1) is 16.6. The maximum Gasteiger partial charge on any atom is 0.341 e. The number of halogens is 1. The van der Waals surface area contributed by atoms with Crippen molar-refractivity contribution >= 4 is 39.8 Å². The van der Waals surface area contributed by atoms with Crippen LogP contribution in [0.4, 0.5) is 5.00 Å². The fraction of sp³-hybridized carbons (Fsp3) is 0.111. The van der Waals surface area contributed by atoms with Crippen LogP contribution < -0.4 is 10.1 Å². The predicted molar refractivity (Wildman–Crippen MR) is 136 cm³/mol. The van der Waals surface area contributed by atoms with Crippen molar-refractivity contribution in [1.29, 1.82) is 0 Å². The summed E-state index contributed by atoms with van der Waals surface area (Å²) in [7, 11) is 0. The highest BCUT2D eigenvalue weighted by Gasteiger charge is 2.25. The number of ether oxygens (including phenoxy) is 2. The van der Waals surface area contributed by atoms with Gasteiger partial charge in [0, 0.05) is 21.5 Å². The number of amides is 1. The monoisotopic (exact) mass is 491 g/mol. The van der Waals surface area contributed by atoms with Gasteiger partial charge in [0.2, 0.25) is 0 Å². The van der Waals surface area contributed by atoms with E-state index in [9.17, 15) is 9.59 Å². The molecule has 0 saturated heterocycles. The minimum Gasteiger partial charge on any atom is -0.488 e. The van der Waals surface area contributed by atoms with Gasteiger partial charge in [0.15, 0.2) is 0 Å². The predicted octanol–water partition coefficient (Wildman–Crippen LogP) is 7.08. The van der Waals surface area contributed by atoms with Gasteiger partial charge in [0.25, 0.3) is 5.91 Å². The Morgan fingerprint density at radius 3 is 2.38 bits per heavy atom. The first-order valence-corrected chi connectivity index (χ1v) is 11.9. The molecule has 0 aliphatic heterocycles. The number of nitrogens with one attached hydrogen (secondary N) is 1. The van der Waals surface area contributed by atoms with Crippen molar-refractivity contribution < 1.29 is 19.1 Å². The molecule has 4 aromatic rings. The molecular formula is C27H22ClNO4S. The molecule has 0 fully saturated rings. The highest BCUT2D eigenvalue weighted by Crippen LogP contribution is 2.39. The molecule has 0 saturated carbocycles. The maximum absolute atomic E-state index is 13.2. The fourth-order valence-corrected chi connectivity index (χ4v) is 4.60. The number of hydrogen-bond acceptors (Lipinski definition) is 5. The summed E-state index contributed by atoms with van der Waals surface area (Å²) < 4.78 is 11.2. The van der Waals surface area contributed by atoms with Crippen molar-refractivity contribution in [3.8, 4) is 16.9 Å². The highest BCUT2D eigenvalue weighted by molar-refractivity contribution is 7.15. The molecule has 0 atom stereocenters. The summed E-state index contributed by atoms with van der Waals surface area (Å²) >= 11 is 7.62. The van der Waals surface area contributed by atoms with E-state index >= 15 is 0 Å². The molecular weight excluding hydrogens is 470 g/mol. The first kappa shape index (κ1) is 23.5. The average Bonchev–Trinajstić information content (AvgIpc) is 3.27. The van der Waals surface area contributed by atoms with Crippen LogP contribution in [0.25, 0.3) is 11.1 Å². The molecule has 7 heteroatoms. The molecule has 1 aromatic heterocycles. The summed E-state index contributed by atoms with van der Waals surface area (Å²) in [5.74, 6) is -0.464. The van der Waals surface area contributed by atoms with E-state index in [1.165, 1.54) is 11.3 Å². The van der Waals surface area contributed by atoms with Crippen LogP contribution in [0.3, 0.4) is 0 Å². The standard InChI is InChI=1S/C27H22ClNO4S/c1-2-32-27(31)24-21(19-12-6-8-14-22(19)28)17-34-26(24)29-25(30)20-13-7-9-15-23(20)33-16-18-10-4-3-5-11-18/h3-15,17H,2,16H2,1H3,(H,29,30). The highest BCUT2D eigenvalue weighted by atomic mass is 35.5. The number of rotatable bonds is 8. The SMILES string of the molecule is CCOC(=O)c1c(-c2ccccc2Cl)csc1NC(=O)c1ccccc1OCc1ccccc1. The Morgan fingerprint density at radius 1 is 0.912 bits per heavy atom. The van der Waals surface area contributed by atoms with Gasteiger partial charge in [-0.2, -0.15) is 0 Å². The molecule has 0 aliphatic carbocycles. The zero-order chi connectivity index (χ0) is 23.9. The van der Waals surface area contributed by atoms with E-state index in [0.29, 0.717) is 39.1 Å². The van der Waals surface area contributed by atoms with Crippen LogP contribution in [0.1, 0.15) is 33.2 Å². The van der Waals surface area contributed by atoms with Gasteiger partial charge in [0.1, 0.15) is 22.9 Å². The lowest BCUT2D eigenvalue weighted by atomic mass is 10.0. The third-order valence-corrected chi connectivity index (χ3v) is 6.26. The van der Waals surface area contributed by atoms with Gasteiger partial charge in [0.05, 0.1) is 12.2 Å². The van der Waals surface area contributed by atoms with Gasteiger partial charge in [-0.25, -0.2) is 4.79 Å². The fourth-order valence-electron chi connectivity index (χ4n) is 3.42. The van der Waals surface area contributed by atoms with E-state index in [0.717, 1.165) is 5.56 Å². The lowest BCUT2D eigenvalue weighted by Crippen LogP contribution is -2.16. The van der Waals surface area contributed by atoms with Crippen LogP contribution in [0.15, 0.2) is 84.2 Å². The van der Waals surface area contributed by atoms with Gasteiger partial charge in [-0.3, -0.25) is 4.79 Å². The molecule has 0 unspecified atom stereocenters. The number of benzene rings is 3. The zero-order valence-corrected chi connectivity index (χ0v) is 20.0. The number of anilines is 1. The molecule has 4 rings (SSSR count). The van der Waals surface area contributed by atoms with Gasteiger partial charge in [-0.1, -0.05) is 72.3 Å². The topological polar surface area (TPSA) is 64.6 Å². The molecule has 0 bridgehead atoms. The summed E-state index contributed by atoms with van der Waals surface area (Å²) in [4.78, 5) is 26.1. The molecule has 0 spiro atoms. The molecule has 0 aliphatic rings. The molecule has 0 radical (unpaired) electrons. The van der Waals surface area contributed by atoms with Gasteiger partial charge in [-0.05, 0) is 30.7 Å². The van der Waals surface area contributed by atoms with E-state index in [1.54, 1.807) is 36.6 Å². The van der Waals surface area contributed by atoms with Crippen LogP contribution >= 0.6 is 22.9 Å². The van der Waals surface area contributed by atoms with Gasteiger partial charge < -0.3 is 14.8 Å². The van der Waals surface area contributed by atoms with E-state index in [1.807, 2.05) is 54.6 Å². The molecule has 172 valence electrons. The number of esters is 1. The molecule has 1 heterocycles. The van der Waals surface area contributed by atoms with Crippen molar-refractivity contribution in [1.82, 2.24) is 0 Å². The zero-order valence-electron chi connectivity index (χ0n) is 18.4. The number of para-hydroxylation sites is 1. The minimum absolute atomic E-state index is 0.209. The summed E-state index contributed by atoms with van der Waals surface area (Å²) in [5.41, 5.74) is 2.93. The van der Waals surface area contributed by atoms with Crippen LogP contribution in [0, 0.1) is 0 Å². The summed E-state index contributed by atoms with van der Waals surface area (Å²) in [6, 6.07) is 23.9. The Balaban J connectivity index is 1.63. The second kappa shape index (κ2) is 11.0. The van der Waals surface area contributed by atoms with Crippen molar-refractivity contribution in [2.24, 2.45) is 0 Å². The summed E-state index contributed by atoms with van der Waals surface area (Å²) in [6.07, 6.45) is 0. The van der Waals surface area contributed by atoms with Crippen molar-refractivity contribution in [2.45, 2.75) is 13.5 Å². The minimum atomic E-state index is -0.525. The summed E-state index contributed by atoms with van der Waals surface area (Å²) in [5, 5.41) is 5.55. The van der Waals surface area contributed by atoms with E-state index in [4.69, 9.17) is 21.1 Å². The Kier molecular flexibility index (Phi) is 7.62. The maximum atomic E-state index is 13.2. The van der Waals surface area contributed by atoms with E-state index in [-0.39, 0.29) is 18.1 Å². The van der Waals surface area contributed by atoms with E-state index < -0.39 is 5.97 Å². The molecule has 34 heavy (non-hydrogen) atoms. The second-order valence-electron chi connectivity index (χ2n) is 7.28. The van der Waals surface area contributed by atoms with Crippen LogP contribution in [0.5, 0.6) is 5.75 Å². The molecule has 1 amide bonds.